The van der Waals surface area contributed by atoms with Crippen LogP contribution >= 0.6 is 0 Å². The predicted molar refractivity (Wildman–Crippen MR) is 59.0 cm³/mol. The Bertz CT molecular complexity index is 485. The van der Waals surface area contributed by atoms with Crippen LogP contribution in [0.1, 0.15) is 28.7 Å². The number of aromatic nitrogens is 2. The number of hydrogen-bond acceptors (Lipinski definition) is 8. The summed E-state index contributed by atoms with van der Waals surface area (Å²) in [5.41, 5.74) is 5.12. The summed E-state index contributed by atoms with van der Waals surface area (Å²) in [6.07, 6.45) is -1.91. The summed E-state index contributed by atoms with van der Waals surface area (Å²) in [5, 5.41) is 27.5. The third-order valence-corrected chi connectivity index (χ3v) is 2.17. The molecule has 1 heterocycles. The summed E-state index contributed by atoms with van der Waals surface area (Å²) >= 11 is 0. The lowest BCUT2D eigenvalue weighted by Gasteiger charge is -2.15. The first-order valence-electron chi connectivity index (χ1n) is 4.95. The second-order valence-electron chi connectivity index (χ2n) is 3.39. The first kappa shape index (κ1) is 13.8. The SMILES string of the molecule is COC(=O)c1nc(C(O)C(O)CC#N)cnc1N. The van der Waals surface area contributed by atoms with Gasteiger partial charge in [-0.25, -0.2) is 14.8 Å². The summed E-state index contributed by atoms with van der Waals surface area (Å²) < 4.78 is 4.44. The summed E-state index contributed by atoms with van der Waals surface area (Å²) in [7, 11) is 1.15. The fraction of sp³-hybridized carbons (Fsp3) is 0.400. The molecule has 4 N–H and O–H groups in total. The van der Waals surface area contributed by atoms with Gasteiger partial charge in [-0.05, 0) is 0 Å². The molecule has 0 radical (unpaired) electrons. The van der Waals surface area contributed by atoms with Crippen LogP contribution in [0, 0.1) is 11.3 Å². The standard InChI is InChI=1S/C10H12N4O4/c1-18-10(17)7-9(12)13-4-5(14-7)8(16)6(15)2-3-11/h4,6,8,15-16H,2H2,1H3,(H2,12,13). The molecular formula is C10H12N4O4. The van der Waals surface area contributed by atoms with E-state index >= 15 is 0 Å². The quantitative estimate of drug-likeness (QED) is 0.588. The molecule has 1 aromatic heterocycles. The number of esters is 1. The Hall–Kier alpha value is -2.24. The van der Waals surface area contributed by atoms with E-state index in [4.69, 9.17) is 11.0 Å². The summed E-state index contributed by atoms with van der Waals surface area (Å²) in [4.78, 5) is 18.7. The van der Waals surface area contributed by atoms with Crippen molar-refractivity contribution < 1.29 is 19.7 Å². The fourth-order valence-electron chi connectivity index (χ4n) is 1.20. The van der Waals surface area contributed by atoms with Gasteiger partial charge in [0.2, 0.25) is 0 Å². The Morgan fingerprint density at radius 2 is 2.33 bits per heavy atom. The second kappa shape index (κ2) is 5.90. The second-order valence-corrected chi connectivity index (χ2v) is 3.39. The van der Waals surface area contributed by atoms with Gasteiger partial charge in [0.15, 0.2) is 11.5 Å². The van der Waals surface area contributed by atoms with E-state index in [0.29, 0.717) is 0 Å². The highest BCUT2D eigenvalue weighted by Crippen LogP contribution is 2.18. The molecule has 18 heavy (non-hydrogen) atoms. The number of aliphatic hydroxyl groups is 2. The highest BCUT2D eigenvalue weighted by molar-refractivity contribution is 5.91. The lowest BCUT2D eigenvalue weighted by Crippen LogP contribution is -2.21. The van der Waals surface area contributed by atoms with Gasteiger partial charge in [0.25, 0.3) is 0 Å². The number of anilines is 1. The zero-order valence-corrected chi connectivity index (χ0v) is 9.57. The van der Waals surface area contributed by atoms with Crippen molar-refractivity contribution in [3.05, 3.63) is 17.6 Å². The van der Waals surface area contributed by atoms with Gasteiger partial charge in [0.05, 0.1) is 37.6 Å². The van der Waals surface area contributed by atoms with Crippen molar-refractivity contribution in [1.82, 2.24) is 9.97 Å². The molecule has 1 aromatic rings. The molecular weight excluding hydrogens is 240 g/mol. The zero-order chi connectivity index (χ0) is 13.7. The van der Waals surface area contributed by atoms with Crippen LogP contribution in [0.15, 0.2) is 6.20 Å². The van der Waals surface area contributed by atoms with Gasteiger partial charge < -0.3 is 20.7 Å². The Kier molecular flexibility index (Phi) is 4.53. The maximum atomic E-state index is 11.3. The van der Waals surface area contributed by atoms with Crippen molar-refractivity contribution in [2.24, 2.45) is 0 Å². The van der Waals surface area contributed by atoms with Crippen LogP contribution in [0.3, 0.4) is 0 Å². The van der Waals surface area contributed by atoms with Crippen LogP contribution in [0.25, 0.3) is 0 Å². The summed E-state index contributed by atoms with van der Waals surface area (Å²) in [5.74, 6) is -0.948. The molecule has 0 amide bonds. The highest BCUT2D eigenvalue weighted by atomic mass is 16.5. The Morgan fingerprint density at radius 1 is 1.67 bits per heavy atom. The summed E-state index contributed by atoms with van der Waals surface area (Å²) in [6.45, 7) is 0. The first-order valence-corrected chi connectivity index (χ1v) is 4.95. The molecule has 0 aliphatic rings. The van der Waals surface area contributed by atoms with Gasteiger partial charge in [-0.1, -0.05) is 0 Å². The van der Waals surface area contributed by atoms with Crippen molar-refractivity contribution in [3.63, 3.8) is 0 Å². The molecule has 0 saturated carbocycles. The summed E-state index contributed by atoms with van der Waals surface area (Å²) in [6, 6.07) is 1.70. The Balaban J connectivity index is 3.05. The predicted octanol–water partition coefficient (Wildman–Crippen LogP) is -0.847. The van der Waals surface area contributed by atoms with E-state index in [2.05, 4.69) is 14.7 Å². The van der Waals surface area contributed by atoms with Crippen molar-refractivity contribution >= 4 is 11.8 Å². The fourth-order valence-corrected chi connectivity index (χ4v) is 1.20. The van der Waals surface area contributed by atoms with E-state index in [-0.39, 0.29) is 23.6 Å². The smallest absolute Gasteiger partial charge is 0.360 e. The van der Waals surface area contributed by atoms with E-state index in [1.807, 2.05) is 0 Å². The average molecular weight is 252 g/mol. The van der Waals surface area contributed by atoms with E-state index < -0.39 is 18.2 Å². The van der Waals surface area contributed by atoms with Crippen molar-refractivity contribution in [3.8, 4) is 6.07 Å². The lowest BCUT2D eigenvalue weighted by atomic mass is 10.1. The molecule has 2 atom stereocenters. The molecule has 0 fully saturated rings. The van der Waals surface area contributed by atoms with Gasteiger partial charge >= 0.3 is 5.97 Å². The minimum Gasteiger partial charge on any atom is -0.464 e. The number of nitrogens with zero attached hydrogens (tertiary/aromatic N) is 3. The zero-order valence-electron chi connectivity index (χ0n) is 9.57. The molecule has 96 valence electrons. The van der Waals surface area contributed by atoms with E-state index in [9.17, 15) is 15.0 Å². The Labute approximate surface area is 103 Å². The first-order chi connectivity index (χ1) is 8.51. The number of rotatable bonds is 4. The van der Waals surface area contributed by atoms with Crippen molar-refractivity contribution in [1.29, 1.82) is 5.26 Å². The minimum atomic E-state index is -1.43. The van der Waals surface area contributed by atoms with Gasteiger partial charge in [0.1, 0.15) is 6.10 Å². The third kappa shape index (κ3) is 2.91. The Morgan fingerprint density at radius 3 is 2.89 bits per heavy atom. The van der Waals surface area contributed by atoms with Crippen LogP contribution in [-0.2, 0) is 4.74 Å². The molecule has 0 bridgehead atoms. The molecule has 0 spiro atoms. The number of nitriles is 1. The largest absolute Gasteiger partial charge is 0.464 e. The van der Waals surface area contributed by atoms with Crippen LogP contribution in [0.5, 0.6) is 0 Å². The number of nitrogen functional groups attached to an aromatic ring is 1. The monoisotopic (exact) mass is 252 g/mol. The maximum Gasteiger partial charge on any atom is 0.360 e. The van der Waals surface area contributed by atoms with Crippen LogP contribution in [0.2, 0.25) is 0 Å². The van der Waals surface area contributed by atoms with E-state index in [1.165, 1.54) is 0 Å². The van der Waals surface area contributed by atoms with Crippen molar-refractivity contribution in [2.75, 3.05) is 12.8 Å². The molecule has 8 nitrogen and oxygen atoms in total. The number of ether oxygens (including phenoxy) is 1. The molecule has 0 saturated heterocycles. The molecule has 8 heteroatoms. The number of carbonyl (C=O) groups excluding carboxylic acids is 1. The number of hydrogen-bond donors (Lipinski definition) is 3. The van der Waals surface area contributed by atoms with Gasteiger partial charge in [-0.15, -0.1) is 0 Å². The topological polar surface area (TPSA) is 142 Å². The van der Waals surface area contributed by atoms with Crippen LogP contribution in [-0.4, -0.2) is 39.4 Å². The third-order valence-electron chi connectivity index (χ3n) is 2.17. The highest BCUT2D eigenvalue weighted by Gasteiger charge is 2.23. The minimum absolute atomic E-state index is 0.0626. The molecule has 0 aliphatic carbocycles. The maximum absolute atomic E-state index is 11.3. The molecule has 0 aliphatic heterocycles. The van der Waals surface area contributed by atoms with E-state index in [1.54, 1.807) is 6.07 Å². The van der Waals surface area contributed by atoms with Crippen LogP contribution in [0.4, 0.5) is 5.82 Å². The van der Waals surface area contributed by atoms with Gasteiger partial charge in [-0.3, -0.25) is 0 Å². The normalized spacial score (nSPS) is 13.4. The molecule has 0 aromatic carbocycles. The number of carbonyl (C=O) groups is 1. The van der Waals surface area contributed by atoms with Crippen LogP contribution < -0.4 is 5.73 Å². The van der Waals surface area contributed by atoms with Gasteiger partial charge in [0, 0.05) is 0 Å². The molecule has 2 unspecified atom stereocenters. The number of nitrogens with two attached hydrogens (primary N) is 1. The van der Waals surface area contributed by atoms with E-state index in [0.717, 1.165) is 13.3 Å². The molecule has 1 rings (SSSR count). The average Bonchev–Trinajstić information content (AvgIpc) is 2.38. The number of methoxy groups -OCH3 is 1. The van der Waals surface area contributed by atoms with Crippen molar-refractivity contribution in [2.45, 2.75) is 18.6 Å². The number of aliphatic hydroxyl groups excluding tert-OH is 2. The van der Waals surface area contributed by atoms with Gasteiger partial charge in [-0.2, -0.15) is 5.26 Å². The lowest BCUT2D eigenvalue weighted by molar-refractivity contribution is 0.0185.